The third kappa shape index (κ3) is 2.69. The maximum atomic E-state index is 11.4. The Morgan fingerprint density at radius 3 is 2.31 bits per heavy atom. The first-order chi connectivity index (χ1) is 5.83. The molecule has 0 aromatic rings. The average Bonchev–Trinajstić information content (AvgIpc) is 1.94. The lowest BCUT2D eigenvalue weighted by molar-refractivity contribution is -0.130. The first kappa shape index (κ1) is 10.5. The molecule has 3 heteroatoms. The fourth-order valence-corrected chi connectivity index (χ4v) is 1.27. The van der Waals surface area contributed by atoms with Crippen molar-refractivity contribution >= 4 is 5.91 Å². The summed E-state index contributed by atoms with van der Waals surface area (Å²) in [5.74, 6) is 0.00725. The maximum absolute atomic E-state index is 11.4. The summed E-state index contributed by atoms with van der Waals surface area (Å²) in [6.45, 7) is 6.01. The van der Waals surface area contributed by atoms with Gasteiger partial charge in [-0.05, 0) is 19.3 Å². The van der Waals surface area contributed by atoms with Crippen molar-refractivity contribution in [3.8, 4) is 0 Å². The number of aliphatic hydroxyl groups is 1. The van der Waals surface area contributed by atoms with E-state index in [1.165, 1.54) is 0 Å². The Hall–Kier alpha value is -0.570. The molecular formula is C10H19NO2. The molecule has 0 radical (unpaired) electrons. The zero-order valence-electron chi connectivity index (χ0n) is 8.68. The third-order valence-electron chi connectivity index (χ3n) is 2.54. The minimum absolute atomic E-state index is 0.00725. The van der Waals surface area contributed by atoms with Crippen molar-refractivity contribution in [3.63, 3.8) is 0 Å². The molecule has 2 N–H and O–H groups in total. The quantitative estimate of drug-likeness (QED) is 0.676. The number of nitrogens with one attached hydrogen (secondary N) is 1. The SMILES string of the molecule is CC(C)(C)C(=O)NCC1(O)CCC1. The normalized spacial score (nSPS) is 20.6. The highest BCUT2D eigenvalue weighted by Gasteiger charge is 2.35. The second-order valence-electron chi connectivity index (χ2n) is 5.01. The molecule has 0 aromatic carbocycles. The van der Waals surface area contributed by atoms with Gasteiger partial charge in [-0.3, -0.25) is 4.79 Å². The van der Waals surface area contributed by atoms with Crippen LogP contribution in [0, 0.1) is 5.41 Å². The van der Waals surface area contributed by atoms with Crippen molar-refractivity contribution in [2.45, 2.75) is 45.6 Å². The number of amides is 1. The van der Waals surface area contributed by atoms with Gasteiger partial charge in [-0.25, -0.2) is 0 Å². The summed E-state index contributed by atoms with van der Waals surface area (Å²) in [7, 11) is 0. The predicted octanol–water partition coefficient (Wildman–Crippen LogP) is 1.06. The molecule has 1 aliphatic rings. The van der Waals surface area contributed by atoms with Crippen molar-refractivity contribution in [1.29, 1.82) is 0 Å². The molecule has 76 valence electrons. The molecule has 1 aliphatic carbocycles. The molecule has 1 amide bonds. The van der Waals surface area contributed by atoms with Crippen LogP contribution in [0.5, 0.6) is 0 Å². The van der Waals surface area contributed by atoms with E-state index in [0.29, 0.717) is 6.54 Å². The third-order valence-corrected chi connectivity index (χ3v) is 2.54. The van der Waals surface area contributed by atoms with Gasteiger partial charge in [0, 0.05) is 12.0 Å². The highest BCUT2D eigenvalue weighted by molar-refractivity contribution is 5.81. The molecule has 0 aromatic heterocycles. The molecule has 0 atom stereocenters. The summed E-state index contributed by atoms with van der Waals surface area (Å²) < 4.78 is 0. The molecule has 3 nitrogen and oxygen atoms in total. The molecular weight excluding hydrogens is 166 g/mol. The molecule has 1 saturated carbocycles. The van der Waals surface area contributed by atoms with Crippen molar-refractivity contribution in [2.24, 2.45) is 5.41 Å². The number of hydrogen-bond acceptors (Lipinski definition) is 2. The molecule has 1 rings (SSSR count). The van der Waals surface area contributed by atoms with Crippen LogP contribution in [0.25, 0.3) is 0 Å². The summed E-state index contributed by atoms with van der Waals surface area (Å²) in [4.78, 5) is 11.4. The van der Waals surface area contributed by atoms with E-state index >= 15 is 0 Å². The Bertz CT molecular complexity index is 201. The van der Waals surface area contributed by atoms with Gasteiger partial charge in [0.25, 0.3) is 0 Å². The van der Waals surface area contributed by atoms with E-state index in [1.54, 1.807) is 0 Å². The molecule has 1 fully saturated rings. The molecule has 0 spiro atoms. The van der Waals surface area contributed by atoms with Gasteiger partial charge < -0.3 is 10.4 Å². The fourth-order valence-electron chi connectivity index (χ4n) is 1.27. The number of carbonyl (C=O) groups excluding carboxylic acids is 1. The highest BCUT2D eigenvalue weighted by atomic mass is 16.3. The molecule has 0 saturated heterocycles. The lowest BCUT2D eigenvalue weighted by Gasteiger charge is -2.37. The van der Waals surface area contributed by atoms with Gasteiger partial charge >= 0.3 is 0 Å². The van der Waals surface area contributed by atoms with E-state index < -0.39 is 5.60 Å². The standard InChI is InChI=1S/C10H19NO2/c1-9(2,3)8(12)11-7-10(13)5-4-6-10/h13H,4-7H2,1-3H3,(H,11,12). The van der Waals surface area contributed by atoms with Gasteiger partial charge in [-0.1, -0.05) is 20.8 Å². The van der Waals surface area contributed by atoms with Crippen LogP contribution in [0.2, 0.25) is 0 Å². The Kier molecular flexibility index (Phi) is 2.66. The second-order valence-corrected chi connectivity index (χ2v) is 5.01. The van der Waals surface area contributed by atoms with E-state index in [-0.39, 0.29) is 11.3 Å². The fraction of sp³-hybridized carbons (Fsp3) is 0.900. The van der Waals surface area contributed by atoms with Gasteiger partial charge in [0.05, 0.1) is 5.60 Å². The molecule has 0 unspecified atom stereocenters. The Balaban J connectivity index is 2.30. The summed E-state index contributed by atoms with van der Waals surface area (Å²) >= 11 is 0. The zero-order chi connectivity index (χ0) is 10.1. The first-order valence-electron chi connectivity index (χ1n) is 4.84. The van der Waals surface area contributed by atoms with Gasteiger partial charge in [-0.2, -0.15) is 0 Å². The summed E-state index contributed by atoms with van der Waals surface area (Å²) in [5.41, 5.74) is -0.971. The van der Waals surface area contributed by atoms with E-state index in [2.05, 4.69) is 5.32 Å². The smallest absolute Gasteiger partial charge is 0.225 e. The predicted molar refractivity (Wildman–Crippen MR) is 51.3 cm³/mol. The molecule has 0 aliphatic heterocycles. The maximum Gasteiger partial charge on any atom is 0.225 e. The second kappa shape index (κ2) is 3.29. The Morgan fingerprint density at radius 2 is 2.00 bits per heavy atom. The van der Waals surface area contributed by atoms with Crippen molar-refractivity contribution in [1.82, 2.24) is 5.32 Å². The monoisotopic (exact) mass is 185 g/mol. The summed E-state index contributed by atoms with van der Waals surface area (Å²) in [5, 5.41) is 12.5. The summed E-state index contributed by atoms with van der Waals surface area (Å²) in [6, 6.07) is 0. The van der Waals surface area contributed by atoms with Crippen molar-refractivity contribution in [3.05, 3.63) is 0 Å². The van der Waals surface area contributed by atoms with Crippen LogP contribution >= 0.6 is 0 Å². The van der Waals surface area contributed by atoms with Gasteiger partial charge in [0.2, 0.25) is 5.91 Å². The lowest BCUT2D eigenvalue weighted by Crippen LogP contribution is -2.49. The van der Waals surface area contributed by atoms with Crippen molar-refractivity contribution < 1.29 is 9.90 Å². The first-order valence-corrected chi connectivity index (χ1v) is 4.84. The average molecular weight is 185 g/mol. The van der Waals surface area contributed by atoms with E-state index in [0.717, 1.165) is 19.3 Å². The van der Waals surface area contributed by atoms with Gasteiger partial charge in [0.1, 0.15) is 0 Å². The van der Waals surface area contributed by atoms with Crippen LogP contribution in [0.15, 0.2) is 0 Å². The van der Waals surface area contributed by atoms with Crippen molar-refractivity contribution in [2.75, 3.05) is 6.54 Å². The molecule has 0 bridgehead atoms. The molecule has 0 heterocycles. The number of hydrogen-bond donors (Lipinski definition) is 2. The lowest BCUT2D eigenvalue weighted by atomic mass is 9.80. The van der Waals surface area contributed by atoms with Crippen LogP contribution in [0.3, 0.4) is 0 Å². The minimum Gasteiger partial charge on any atom is -0.388 e. The van der Waals surface area contributed by atoms with E-state index in [9.17, 15) is 9.90 Å². The number of carbonyl (C=O) groups is 1. The van der Waals surface area contributed by atoms with Crippen LogP contribution in [0.4, 0.5) is 0 Å². The minimum atomic E-state index is -0.610. The van der Waals surface area contributed by atoms with Crippen LogP contribution in [0.1, 0.15) is 40.0 Å². The summed E-state index contributed by atoms with van der Waals surface area (Å²) in [6.07, 6.45) is 2.71. The Labute approximate surface area is 79.5 Å². The van der Waals surface area contributed by atoms with E-state index in [1.807, 2.05) is 20.8 Å². The number of rotatable bonds is 2. The van der Waals surface area contributed by atoms with Gasteiger partial charge in [0.15, 0.2) is 0 Å². The Morgan fingerprint density at radius 1 is 1.46 bits per heavy atom. The highest BCUT2D eigenvalue weighted by Crippen LogP contribution is 2.30. The zero-order valence-corrected chi connectivity index (χ0v) is 8.68. The topological polar surface area (TPSA) is 49.3 Å². The molecule has 13 heavy (non-hydrogen) atoms. The van der Waals surface area contributed by atoms with Crippen LogP contribution in [-0.4, -0.2) is 23.2 Å². The van der Waals surface area contributed by atoms with E-state index in [4.69, 9.17) is 0 Å². The van der Waals surface area contributed by atoms with Crippen LogP contribution < -0.4 is 5.32 Å². The largest absolute Gasteiger partial charge is 0.388 e. The van der Waals surface area contributed by atoms with Crippen LogP contribution in [-0.2, 0) is 4.79 Å². The van der Waals surface area contributed by atoms with Gasteiger partial charge in [-0.15, -0.1) is 0 Å².